The van der Waals surface area contributed by atoms with E-state index >= 15 is 0 Å². The molecule has 0 unspecified atom stereocenters. The number of nitriles is 1. The maximum atomic E-state index is 8.79. The van der Waals surface area contributed by atoms with Gasteiger partial charge in [-0.15, -0.1) is 0 Å². The van der Waals surface area contributed by atoms with Crippen LogP contribution in [0, 0.1) is 18.3 Å². The van der Waals surface area contributed by atoms with Gasteiger partial charge in [0.15, 0.2) is 0 Å². The molecule has 0 saturated heterocycles. The second kappa shape index (κ2) is 6.03. The van der Waals surface area contributed by atoms with Gasteiger partial charge in [0.05, 0.1) is 11.6 Å². The highest BCUT2D eigenvalue weighted by Crippen LogP contribution is 2.11. The Kier molecular flexibility index (Phi) is 4.63. The molecule has 15 heavy (non-hydrogen) atoms. The second-order valence-corrected chi connectivity index (χ2v) is 3.73. The van der Waals surface area contributed by atoms with Crippen molar-refractivity contribution in [3.63, 3.8) is 0 Å². The molecule has 1 rings (SSSR count). The van der Waals surface area contributed by atoms with Crippen LogP contribution in [-0.2, 0) is 6.42 Å². The molecule has 0 heterocycles. The van der Waals surface area contributed by atoms with Gasteiger partial charge in [0, 0.05) is 0 Å². The molecule has 0 aromatic heterocycles. The first kappa shape index (κ1) is 11.5. The summed E-state index contributed by atoms with van der Waals surface area (Å²) in [6.45, 7) is 4.16. The topological polar surface area (TPSA) is 23.8 Å². The number of rotatable bonds is 4. The van der Waals surface area contributed by atoms with Crippen molar-refractivity contribution >= 4 is 0 Å². The summed E-state index contributed by atoms with van der Waals surface area (Å²) in [4.78, 5) is 0. The van der Waals surface area contributed by atoms with Crippen LogP contribution in [0.25, 0.3) is 0 Å². The van der Waals surface area contributed by atoms with Crippen molar-refractivity contribution in [1.29, 1.82) is 5.26 Å². The van der Waals surface area contributed by atoms with Crippen LogP contribution in [-0.4, -0.2) is 0 Å². The van der Waals surface area contributed by atoms with Gasteiger partial charge in [0.2, 0.25) is 0 Å². The van der Waals surface area contributed by atoms with Crippen LogP contribution in [0.4, 0.5) is 0 Å². The zero-order chi connectivity index (χ0) is 11.1. The second-order valence-electron chi connectivity index (χ2n) is 3.73. The van der Waals surface area contributed by atoms with Crippen molar-refractivity contribution in [3.8, 4) is 6.07 Å². The molecule has 0 aliphatic heterocycles. The number of unbranched alkanes of at least 4 members (excludes halogenated alkanes) is 1. The van der Waals surface area contributed by atoms with E-state index in [4.69, 9.17) is 5.26 Å². The molecule has 78 valence electrons. The Bertz CT molecular complexity index is 383. The van der Waals surface area contributed by atoms with Crippen molar-refractivity contribution in [2.24, 2.45) is 0 Å². The van der Waals surface area contributed by atoms with Crippen molar-refractivity contribution in [2.45, 2.75) is 33.1 Å². The van der Waals surface area contributed by atoms with Gasteiger partial charge in [-0.1, -0.05) is 37.6 Å². The Morgan fingerprint density at radius 3 is 2.73 bits per heavy atom. The Balaban J connectivity index is 2.64. The Morgan fingerprint density at radius 1 is 1.33 bits per heavy atom. The van der Waals surface area contributed by atoms with Gasteiger partial charge in [0.25, 0.3) is 0 Å². The summed E-state index contributed by atoms with van der Waals surface area (Å²) < 4.78 is 0. The maximum Gasteiger partial charge on any atom is 0.0994 e. The lowest BCUT2D eigenvalue weighted by Crippen LogP contribution is -1.86. The molecule has 0 aliphatic carbocycles. The zero-order valence-corrected chi connectivity index (χ0v) is 9.46. The lowest BCUT2D eigenvalue weighted by atomic mass is 10.0. The summed E-state index contributed by atoms with van der Waals surface area (Å²) in [6.07, 6.45) is 7.72. The summed E-state index contributed by atoms with van der Waals surface area (Å²) in [6, 6.07) is 8.20. The molecule has 1 heteroatoms. The van der Waals surface area contributed by atoms with E-state index in [2.05, 4.69) is 31.2 Å². The SMILES string of the molecule is CCC/C=C/Cc1ccc(C#N)c(C)c1. The first-order valence-corrected chi connectivity index (χ1v) is 5.42. The molecule has 0 bridgehead atoms. The third kappa shape index (κ3) is 3.59. The van der Waals surface area contributed by atoms with Crippen LogP contribution in [0.5, 0.6) is 0 Å². The predicted octanol–water partition coefficient (Wildman–Crippen LogP) is 3.77. The van der Waals surface area contributed by atoms with Crippen LogP contribution < -0.4 is 0 Å². The van der Waals surface area contributed by atoms with Gasteiger partial charge in [-0.2, -0.15) is 5.26 Å². The number of benzene rings is 1. The molecule has 0 aliphatic rings. The highest BCUT2D eigenvalue weighted by atomic mass is 14.2. The van der Waals surface area contributed by atoms with Crippen LogP contribution >= 0.6 is 0 Å². The fourth-order valence-electron chi connectivity index (χ4n) is 1.48. The number of hydrogen-bond acceptors (Lipinski definition) is 1. The number of allylic oxidation sites excluding steroid dienone is 2. The molecule has 0 radical (unpaired) electrons. The van der Waals surface area contributed by atoms with E-state index in [9.17, 15) is 0 Å². The molecule has 0 atom stereocenters. The van der Waals surface area contributed by atoms with E-state index in [1.165, 1.54) is 12.0 Å². The minimum atomic E-state index is 0.774. The van der Waals surface area contributed by atoms with E-state index in [-0.39, 0.29) is 0 Å². The summed E-state index contributed by atoms with van der Waals surface area (Å²) >= 11 is 0. The fraction of sp³-hybridized carbons (Fsp3) is 0.357. The van der Waals surface area contributed by atoms with Crippen LogP contribution in [0.1, 0.15) is 36.5 Å². The fourth-order valence-corrected chi connectivity index (χ4v) is 1.48. The van der Waals surface area contributed by atoms with Crippen molar-refractivity contribution in [2.75, 3.05) is 0 Å². The number of aryl methyl sites for hydroxylation is 1. The smallest absolute Gasteiger partial charge is 0.0994 e. The molecule has 0 amide bonds. The Morgan fingerprint density at radius 2 is 2.13 bits per heavy atom. The first-order chi connectivity index (χ1) is 7.27. The lowest BCUT2D eigenvalue weighted by molar-refractivity contribution is 0.953. The largest absolute Gasteiger partial charge is 0.192 e. The Labute approximate surface area is 92.1 Å². The van der Waals surface area contributed by atoms with E-state index < -0.39 is 0 Å². The van der Waals surface area contributed by atoms with Gasteiger partial charge in [-0.05, 0) is 37.0 Å². The predicted molar refractivity (Wildman–Crippen MR) is 63.6 cm³/mol. The van der Waals surface area contributed by atoms with Crippen LogP contribution in [0.15, 0.2) is 30.4 Å². The minimum Gasteiger partial charge on any atom is -0.192 e. The van der Waals surface area contributed by atoms with Crippen molar-refractivity contribution in [3.05, 3.63) is 47.0 Å². The van der Waals surface area contributed by atoms with Crippen LogP contribution in [0.2, 0.25) is 0 Å². The van der Waals surface area contributed by atoms with E-state index in [1.54, 1.807) is 0 Å². The van der Waals surface area contributed by atoms with Gasteiger partial charge in [0.1, 0.15) is 0 Å². The summed E-state index contributed by atoms with van der Waals surface area (Å²) in [5.74, 6) is 0. The lowest BCUT2D eigenvalue weighted by Gasteiger charge is -2.00. The normalized spacial score (nSPS) is 10.5. The van der Waals surface area contributed by atoms with E-state index in [0.29, 0.717) is 0 Å². The highest BCUT2D eigenvalue weighted by molar-refractivity contribution is 5.39. The highest BCUT2D eigenvalue weighted by Gasteiger charge is 1.97. The summed E-state index contributed by atoms with van der Waals surface area (Å²) in [5.41, 5.74) is 3.12. The molecule has 1 nitrogen and oxygen atoms in total. The molecule has 1 aromatic carbocycles. The quantitative estimate of drug-likeness (QED) is 0.677. The molecule has 0 spiro atoms. The summed E-state index contributed by atoms with van der Waals surface area (Å²) in [7, 11) is 0. The average molecular weight is 199 g/mol. The van der Waals surface area contributed by atoms with E-state index in [0.717, 1.165) is 24.0 Å². The summed E-state index contributed by atoms with van der Waals surface area (Å²) in [5, 5.41) is 8.79. The number of nitrogens with zero attached hydrogens (tertiary/aromatic N) is 1. The standard InChI is InChI=1S/C14H17N/c1-3-4-5-6-7-13-8-9-14(11-15)12(2)10-13/h5-6,8-10H,3-4,7H2,1-2H3/b6-5+. The molecule has 0 N–H and O–H groups in total. The van der Waals surface area contributed by atoms with Gasteiger partial charge in [-0.25, -0.2) is 0 Å². The van der Waals surface area contributed by atoms with Gasteiger partial charge >= 0.3 is 0 Å². The molecular formula is C14H17N. The molecule has 1 aromatic rings. The van der Waals surface area contributed by atoms with Crippen molar-refractivity contribution < 1.29 is 0 Å². The Hall–Kier alpha value is -1.55. The maximum absolute atomic E-state index is 8.79. The third-order valence-electron chi connectivity index (χ3n) is 2.39. The van der Waals surface area contributed by atoms with Gasteiger partial charge < -0.3 is 0 Å². The third-order valence-corrected chi connectivity index (χ3v) is 2.39. The van der Waals surface area contributed by atoms with E-state index in [1.807, 2.05) is 19.1 Å². The van der Waals surface area contributed by atoms with Crippen molar-refractivity contribution in [1.82, 2.24) is 0 Å². The zero-order valence-electron chi connectivity index (χ0n) is 9.46. The number of hydrogen-bond donors (Lipinski definition) is 0. The minimum absolute atomic E-state index is 0.774. The molecule has 0 saturated carbocycles. The van der Waals surface area contributed by atoms with Crippen LogP contribution in [0.3, 0.4) is 0 Å². The van der Waals surface area contributed by atoms with Gasteiger partial charge in [-0.3, -0.25) is 0 Å². The average Bonchev–Trinajstić information content (AvgIpc) is 2.25. The molecule has 0 fully saturated rings. The molecular weight excluding hydrogens is 182 g/mol. The monoisotopic (exact) mass is 199 g/mol. The first-order valence-electron chi connectivity index (χ1n) is 5.42.